The molecule has 0 atom stereocenters. The zero-order valence-electron chi connectivity index (χ0n) is 15.3. The van der Waals surface area contributed by atoms with Crippen LogP contribution in [0.1, 0.15) is 31.4 Å². The Morgan fingerprint density at radius 2 is 1.73 bits per heavy atom. The molecule has 0 saturated carbocycles. The van der Waals surface area contributed by atoms with Crippen LogP contribution in [0.25, 0.3) is 16.7 Å². The second kappa shape index (κ2) is 6.67. The number of nitrogens with zero attached hydrogens (tertiary/aromatic N) is 4. The molecule has 2 aromatic heterocycles. The number of fused-ring (bicyclic) bond motifs is 1. The lowest BCUT2D eigenvalue weighted by Gasteiger charge is -2.14. The first kappa shape index (κ1) is 16.4. The summed E-state index contributed by atoms with van der Waals surface area (Å²) in [6, 6.07) is 20.9. The van der Waals surface area contributed by atoms with E-state index in [1.165, 1.54) is 5.52 Å². The second-order valence-corrected chi connectivity index (χ2v) is 6.75. The number of aromatic nitrogens is 4. The predicted octanol–water partition coefficient (Wildman–Crippen LogP) is 4.72. The predicted molar refractivity (Wildman–Crippen MR) is 106 cm³/mol. The van der Waals surface area contributed by atoms with Crippen LogP contribution < -0.4 is 5.32 Å². The lowest BCUT2D eigenvalue weighted by molar-refractivity contribution is 0.589. The third-order valence-corrected chi connectivity index (χ3v) is 4.45. The Labute approximate surface area is 153 Å². The first-order valence-electron chi connectivity index (χ1n) is 8.95. The second-order valence-electron chi connectivity index (χ2n) is 6.75. The van der Waals surface area contributed by atoms with Gasteiger partial charge in [0, 0.05) is 12.1 Å². The van der Waals surface area contributed by atoms with E-state index in [1.54, 1.807) is 0 Å². The maximum atomic E-state index is 4.83. The van der Waals surface area contributed by atoms with Crippen LogP contribution in [0.5, 0.6) is 0 Å². The summed E-state index contributed by atoms with van der Waals surface area (Å²) < 4.78 is 4.23. The van der Waals surface area contributed by atoms with Crippen molar-refractivity contribution in [2.24, 2.45) is 0 Å². The largest absolute Gasteiger partial charge is 0.363 e. The molecule has 5 nitrogen and oxygen atoms in total. The van der Waals surface area contributed by atoms with Crippen molar-refractivity contribution in [1.82, 2.24) is 19.3 Å². The fourth-order valence-corrected chi connectivity index (χ4v) is 3.36. The average Bonchev–Trinajstić information content (AvgIpc) is 3.20. The van der Waals surface area contributed by atoms with Gasteiger partial charge in [-0.15, -0.1) is 0 Å². The molecule has 2 aromatic carbocycles. The van der Waals surface area contributed by atoms with Gasteiger partial charge in [0.25, 0.3) is 0 Å². The maximum Gasteiger partial charge on any atom is 0.130 e. The highest BCUT2D eigenvalue weighted by atomic mass is 15.3. The number of anilines is 1. The molecule has 4 aromatic rings. The SMILES string of the molecule is Cc1cc(NCc2nc3ccccc3n2C(C)C)n(-c2ccccc2)n1. The van der Waals surface area contributed by atoms with E-state index in [2.05, 4.69) is 65.2 Å². The van der Waals surface area contributed by atoms with Crippen molar-refractivity contribution in [2.75, 3.05) is 5.32 Å². The molecule has 0 amide bonds. The van der Waals surface area contributed by atoms with E-state index in [0.29, 0.717) is 12.6 Å². The van der Waals surface area contributed by atoms with Crippen molar-refractivity contribution in [3.63, 3.8) is 0 Å². The molecule has 1 N–H and O–H groups in total. The number of hydrogen-bond donors (Lipinski definition) is 1. The number of rotatable bonds is 5. The minimum absolute atomic E-state index is 0.347. The standard InChI is InChI=1S/C21H23N5/c1-15(2)25-19-12-8-7-11-18(19)23-21(25)14-22-20-13-16(3)24-26(20)17-9-5-4-6-10-17/h4-13,15,22H,14H2,1-3H3. The Bertz CT molecular complexity index is 1030. The number of hydrogen-bond acceptors (Lipinski definition) is 3. The molecule has 5 heteroatoms. The van der Waals surface area contributed by atoms with Crippen molar-refractivity contribution in [3.05, 3.63) is 72.2 Å². The molecule has 0 aliphatic heterocycles. The smallest absolute Gasteiger partial charge is 0.130 e. The van der Waals surface area contributed by atoms with Crippen LogP contribution in [0.15, 0.2) is 60.7 Å². The lowest BCUT2D eigenvalue weighted by Crippen LogP contribution is -2.12. The van der Waals surface area contributed by atoms with Gasteiger partial charge in [0.1, 0.15) is 11.6 Å². The Balaban J connectivity index is 1.67. The Morgan fingerprint density at radius 3 is 2.50 bits per heavy atom. The Hall–Kier alpha value is -3.08. The van der Waals surface area contributed by atoms with Crippen LogP contribution in [0, 0.1) is 6.92 Å². The summed E-state index contributed by atoms with van der Waals surface area (Å²) in [5, 5.41) is 8.14. The van der Waals surface area contributed by atoms with E-state index < -0.39 is 0 Å². The van der Waals surface area contributed by atoms with E-state index in [0.717, 1.165) is 28.5 Å². The van der Waals surface area contributed by atoms with Gasteiger partial charge in [-0.3, -0.25) is 0 Å². The highest BCUT2D eigenvalue weighted by Gasteiger charge is 2.14. The zero-order valence-corrected chi connectivity index (χ0v) is 15.3. The number of para-hydroxylation sites is 3. The summed E-state index contributed by atoms with van der Waals surface area (Å²) in [7, 11) is 0. The molecular formula is C21H23N5. The summed E-state index contributed by atoms with van der Waals surface area (Å²) in [5.41, 5.74) is 4.23. The molecule has 0 spiro atoms. The van der Waals surface area contributed by atoms with Crippen LogP contribution in [-0.4, -0.2) is 19.3 Å². The molecule has 0 aliphatic carbocycles. The zero-order chi connectivity index (χ0) is 18.1. The maximum absolute atomic E-state index is 4.83. The normalized spacial score (nSPS) is 11.4. The molecule has 0 aliphatic rings. The molecule has 0 radical (unpaired) electrons. The minimum atomic E-state index is 0.347. The Morgan fingerprint density at radius 1 is 1.00 bits per heavy atom. The first-order chi connectivity index (χ1) is 12.6. The summed E-state index contributed by atoms with van der Waals surface area (Å²) in [5.74, 6) is 2.00. The van der Waals surface area contributed by atoms with Crippen molar-refractivity contribution in [3.8, 4) is 5.69 Å². The van der Waals surface area contributed by atoms with Gasteiger partial charge < -0.3 is 9.88 Å². The summed E-state index contributed by atoms with van der Waals surface area (Å²) >= 11 is 0. The van der Waals surface area contributed by atoms with E-state index >= 15 is 0 Å². The third-order valence-electron chi connectivity index (χ3n) is 4.45. The van der Waals surface area contributed by atoms with Gasteiger partial charge in [-0.1, -0.05) is 30.3 Å². The third kappa shape index (κ3) is 2.96. The summed E-state index contributed by atoms with van der Waals surface area (Å²) in [6.07, 6.45) is 0. The van der Waals surface area contributed by atoms with E-state index in [1.807, 2.05) is 35.9 Å². The number of benzene rings is 2. The van der Waals surface area contributed by atoms with Gasteiger partial charge in [-0.25, -0.2) is 9.67 Å². The topological polar surface area (TPSA) is 47.7 Å². The molecule has 0 saturated heterocycles. The van der Waals surface area contributed by atoms with Crippen LogP contribution in [0.3, 0.4) is 0 Å². The molecule has 4 rings (SSSR count). The van der Waals surface area contributed by atoms with Gasteiger partial charge in [-0.2, -0.15) is 5.10 Å². The number of nitrogens with one attached hydrogen (secondary N) is 1. The van der Waals surface area contributed by atoms with Gasteiger partial charge >= 0.3 is 0 Å². The molecule has 0 unspecified atom stereocenters. The molecule has 0 bridgehead atoms. The van der Waals surface area contributed by atoms with Crippen LogP contribution >= 0.6 is 0 Å². The van der Waals surface area contributed by atoms with E-state index in [4.69, 9.17) is 4.98 Å². The van der Waals surface area contributed by atoms with Crippen molar-refractivity contribution >= 4 is 16.9 Å². The molecule has 26 heavy (non-hydrogen) atoms. The monoisotopic (exact) mass is 345 g/mol. The quantitative estimate of drug-likeness (QED) is 0.569. The fourth-order valence-electron chi connectivity index (χ4n) is 3.36. The van der Waals surface area contributed by atoms with E-state index in [-0.39, 0.29) is 0 Å². The highest BCUT2D eigenvalue weighted by Crippen LogP contribution is 2.23. The Kier molecular flexibility index (Phi) is 4.21. The highest BCUT2D eigenvalue weighted by molar-refractivity contribution is 5.76. The van der Waals surface area contributed by atoms with Crippen LogP contribution in [0.4, 0.5) is 5.82 Å². The average molecular weight is 345 g/mol. The van der Waals surface area contributed by atoms with Crippen molar-refractivity contribution in [1.29, 1.82) is 0 Å². The van der Waals surface area contributed by atoms with Crippen molar-refractivity contribution in [2.45, 2.75) is 33.4 Å². The molecule has 0 fully saturated rings. The molecule has 2 heterocycles. The fraction of sp³-hybridized carbons (Fsp3) is 0.238. The van der Waals surface area contributed by atoms with Crippen molar-refractivity contribution < 1.29 is 0 Å². The lowest BCUT2D eigenvalue weighted by atomic mass is 10.3. The summed E-state index contributed by atoms with van der Waals surface area (Å²) in [4.78, 5) is 4.83. The summed E-state index contributed by atoms with van der Waals surface area (Å²) in [6.45, 7) is 7.03. The van der Waals surface area contributed by atoms with Gasteiger partial charge in [0.05, 0.1) is 29.0 Å². The van der Waals surface area contributed by atoms with E-state index in [9.17, 15) is 0 Å². The van der Waals surface area contributed by atoms with Gasteiger partial charge in [-0.05, 0) is 45.0 Å². The first-order valence-corrected chi connectivity index (χ1v) is 8.95. The number of imidazole rings is 1. The van der Waals surface area contributed by atoms with Crippen LogP contribution in [0.2, 0.25) is 0 Å². The molecule has 132 valence electrons. The van der Waals surface area contributed by atoms with Gasteiger partial charge in [0.15, 0.2) is 0 Å². The van der Waals surface area contributed by atoms with Gasteiger partial charge in [0.2, 0.25) is 0 Å². The number of aryl methyl sites for hydroxylation is 1. The molecular weight excluding hydrogens is 322 g/mol. The minimum Gasteiger partial charge on any atom is -0.363 e. The van der Waals surface area contributed by atoms with Crippen LogP contribution in [-0.2, 0) is 6.54 Å².